The maximum Gasteiger partial charge on any atom is 0.234 e. The lowest BCUT2D eigenvalue weighted by atomic mass is 10.1. The van der Waals surface area contributed by atoms with Crippen LogP contribution in [0.3, 0.4) is 0 Å². The molecule has 1 unspecified atom stereocenters. The predicted octanol–water partition coefficient (Wildman–Crippen LogP) is 4.23. The molecule has 0 heterocycles. The third-order valence-corrected chi connectivity index (χ3v) is 4.41. The van der Waals surface area contributed by atoms with Crippen LogP contribution in [0.5, 0.6) is 0 Å². The lowest BCUT2D eigenvalue weighted by molar-refractivity contribution is -0.113. The Hall–Kier alpha value is -1.30. The number of aliphatic hydroxyl groups is 1. The lowest BCUT2D eigenvalue weighted by Gasteiger charge is -2.12. The van der Waals surface area contributed by atoms with Crippen molar-refractivity contribution in [1.82, 2.24) is 0 Å². The Kier molecular flexibility index (Phi) is 5.85. The number of aliphatic hydroxyl groups excluding tert-OH is 1. The molecule has 2 aromatic carbocycles. The second-order valence-electron chi connectivity index (χ2n) is 4.55. The van der Waals surface area contributed by atoms with Crippen LogP contribution in [-0.2, 0) is 4.79 Å². The fourth-order valence-corrected chi connectivity index (χ4v) is 2.80. The highest BCUT2D eigenvalue weighted by Gasteiger charge is 2.10. The van der Waals surface area contributed by atoms with Crippen LogP contribution >= 0.6 is 27.7 Å². The van der Waals surface area contributed by atoms with E-state index in [1.54, 1.807) is 13.0 Å². The third-order valence-electron chi connectivity index (χ3n) is 2.87. The van der Waals surface area contributed by atoms with Crippen molar-refractivity contribution in [3.05, 3.63) is 58.6 Å². The van der Waals surface area contributed by atoms with Crippen molar-refractivity contribution < 1.29 is 9.90 Å². The van der Waals surface area contributed by atoms with E-state index in [1.807, 2.05) is 42.5 Å². The van der Waals surface area contributed by atoms with Crippen LogP contribution in [0.4, 0.5) is 5.69 Å². The van der Waals surface area contributed by atoms with Crippen LogP contribution in [0, 0.1) is 0 Å². The molecule has 2 rings (SSSR count). The van der Waals surface area contributed by atoms with Gasteiger partial charge in [-0.1, -0.05) is 34.1 Å². The van der Waals surface area contributed by atoms with Gasteiger partial charge >= 0.3 is 0 Å². The molecule has 0 aliphatic carbocycles. The number of hydrogen-bond acceptors (Lipinski definition) is 3. The summed E-state index contributed by atoms with van der Waals surface area (Å²) >= 11 is 4.85. The molecule has 0 spiro atoms. The Bertz CT molecular complexity index is 614. The number of carbonyl (C=O) groups excluding carboxylic acids is 1. The number of nitrogens with one attached hydrogen (secondary N) is 1. The zero-order chi connectivity index (χ0) is 15.2. The quantitative estimate of drug-likeness (QED) is 0.779. The zero-order valence-electron chi connectivity index (χ0n) is 11.5. The Labute approximate surface area is 136 Å². The highest BCUT2D eigenvalue weighted by Crippen LogP contribution is 2.24. The van der Waals surface area contributed by atoms with Gasteiger partial charge in [-0.3, -0.25) is 4.79 Å². The van der Waals surface area contributed by atoms with E-state index < -0.39 is 6.10 Å². The van der Waals surface area contributed by atoms with Crippen molar-refractivity contribution in [2.24, 2.45) is 0 Å². The predicted molar refractivity (Wildman–Crippen MR) is 90.6 cm³/mol. The van der Waals surface area contributed by atoms with Gasteiger partial charge in [0.15, 0.2) is 0 Å². The summed E-state index contributed by atoms with van der Waals surface area (Å²) in [6, 6.07) is 15.1. The molecule has 3 nitrogen and oxygen atoms in total. The molecular weight excluding hydrogens is 350 g/mol. The number of hydrogen-bond donors (Lipinski definition) is 2. The molecule has 0 saturated carbocycles. The monoisotopic (exact) mass is 365 g/mol. The van der Waals surface area contributed by atoms with Gasteiger partial charge in [0.1, 0.15) is 0 Å². The highest BCUT2D eigenvalue weighted by atomic mass is 79.9. The van der Waals surface area contributed by atoms with Crippen molar-refractivity contribution in [2.45, 2.75) is 17.9 Å². The molecule has 110 valence electrons. The van der Waals surface area contributed by atoms with E-state index in [4.69, 9.17) is 0 Å². The van der Waals surface area contributed by atoms with Crippen molar-refractivity contribution in [3.63, 3.8) is 0 Å². The Balaban J connectivity index is 1.94. The van der Waals surface area contributed by atoms with Crippen LogP contribution < -0.4 is 5.32 Å². The number of carbonyl (C=O) groups is 1. The summed E-state index contributed by atoms with van der Waals surface area (Å²) in [5.41, 5.74) is 1.38. The highest BCUT2D eigenvalue weighted by molar-refractivity contribution is 9.10. The van der Waals surface area contributed by atoms with Gasteiger partial charge in [0.25, 0.3) is 0 Å². The number of anilines is 1. The average molecular weight is 366 g/mol. The molecule has 1 atom stereocenters. The smallest absolute Gasteiger partial charge is 0.234 e. The summed E-state index contributed by atoms with van der Waals surface area (Å²) < 4.78 is 1.02. The van der Waals surface area contributed by atoms with E-state index in [2.05, 4.69) is 21.2 Å². The molecule has 21 heavy (non-hydrogen) atoms. The number of rotatable bonds is 5. The molecule has 0 radical (unpaired) electrons. The standard InChI is InChI=1S/C16H16BrNO2S/c1-11(19)14-4-2-3-5-15(14)18-16(20)10-21-13-8-6-12(17)7-9-13/h2-9,11,19H,10H2,1H3,(H,18,20). The number of halogens is 1. The summed E-state index contributed by atoms with van der Waals surface area (Å²) in [6.45, 7) is 1.68. The first kappa shape index (κ1) is 16.1. The molecule has 0 aliphatic heterocycles. The van der Waals surface area contributed by atoms with Crippen LogP contribution in [-0.4, -0.2) is 16.8 Å². The van der Waals surface area contributed by atoms with E-state index >= 15 is 0 Å². The zero-order valence-corrected chi connectivity index (χ0v) is 13.9. The first-order chi connectivity index (χ1) is 10.1. The molecule has 0 bridgehead atoms. The Morgan fingerprint density at radius 2 is 1.90 bits per heavy atom. The Morgan fingerprint density at radius 1 is 1.24 bits per heavy atom. The minimum Gasteiger partial charge on any atom is -0.389 e. The summed E-state index contributed by atoms with van der Waals surface area (Å²) in [5, 5.41) is 12.5. The van der Waals surface area contributed by atoms with Gasteiger partial charge in [-0.2, -0.15) is 0 Å². The number of thioether (sulfide) groups is 1. The van der Waals surface area contributed by atoms with E-state index in [0.717, 1.165) is 14.9 Å². The number of amides is 1. The van der Waals surface area contributed by atoms with Crippen LogP contribution in [0.1, 0.15) is 18.6 Å². The summed E-state index contributed by atoms with van der Waals surface area (Å²) in [5.74, 6) is 0.242. The molecule has 5 heteroatoms. The van der Waals surface area contributed by atoms with Crippen molar-refractivity contribution in [1.29, 1.82) is 0 Å². The van der Waals surface area contributed by atoms with Crippen molar-refractivity contribution in [3.8, 4) is 0 Å². The van der Waals surface area contributed by atoms with E-state index in [1.165, 1.54) is 11.8 Å². The normalized spacial score (nSPS) is 12.0. The molecule has 0 fully saturated rings. The molecule has 0 saturated heterocycles. The maximum absolute atomic E-state index is 12.0. The summed E-state index contributed by atoms with van der Waals surface area (Å²) in [6.07, 6.45) is -0.611. The maximum atomic E-state index is 12.0. The minimum absolute atomic E-state index is 0.0870. The fourth-order valence-electron chi connectivity index (χ4n) is 1.84. The Morgan fingerprint density at radius 3 is 2.57 bits per heavy atom. The van der Waals surface area contributed by atoms with E-state index in [9.17, 15) is 9.90 Å². The number of benzene rings is 2. The van der Waals surface area contributed by atoms with E-state index in [0.29, 0.717) is 11.4 Å². The first-order valence-corrected chi connectivity index (χ1v) is 8.29. The van der Waals surface area contributed by atoms with Crippen molar-refractivity contribution in [2.75, 3.05) is 11.1 Å². The van der Waals surface area contributed by atoms with Gasteiger partial charge in [0, 0.05) is 20.6 Å². The molecule has 2 N–H and O–H groups in total. The third kappa shape index (κ3) is 4.88. The first-order valence-electron chi connectivity index (χ1n) is 6.51. The van der Waals surface area contributed by atoms with Gasteiger partial charge < -0.3 is 10.4 Å². The largest absolute Gasteiger partial charge is 0.389 e. The second kappa shape index (κ2) is 7.64. The van der Waals surface area contributed by atoms with Crippen LogP contribution in [0.15, 0.2) is 57.9 Å². The fraction of sp³-hybridized carbons (Fsp3) is 0.188. The molecule has 2 aromatic rings. The number of para-hydroxylation sites is 1. The summed E-state index contributed by atoms with van der Waals surface area (Å²) in [4.78, 5) is 13.0. The van der Waals surface area contributed by atoms with Crippen LogP contribution in [0.2, 0.25) is 0 Å². The van der Waals surface area contributed by atoms with Gasteiger partial charge in [-0.15, -0.1) is 11.8 Å². The van der Waals surface area contributed by atoms with Gasteiger partial charge in [0.2, 0.25) is 5.91 Å². The lowest BCUT2D eigenvalue weighted by Crippen LogP contribution is -2.15. The molecular formula is C16H16BrNO2S. The molecule has 1 amide bonds. The van der Waals surface area contributed by atoms with Gasteiger partial charge in [-0.05, 0) is 37.3 Å². The van der Waals surface area contributed by atoms with Crippen molar-refractivity contribution >= 4 is 39.3 Å². The topological polar surface area (TPSA) is 49.3 Å². The van der Waals surface area contributed by atoms with E-state index in [-0.39, 0.29) is 5.91 Å². The molecule has 0 aliphatic rings. The second-order valence-corrected chi connectivity index (χ2v) is 6.52. The van der Waals surface area contributed by atoms with Gasteiger partial charge in [-0.25, -0.2) is 0 Å². The minimum atomic E-state index is -0.611. The SMILES string of the molecule is CC(O)c1ccccc1NC(=O)CSc1ccc(Br)cc1. The summed E-state index contributed by atoms with van der Waals surface area (Å²) in [7, 11) is 0. The van der Waals surface area contributed by atoms with Crippen LogP contribution in [0.25, 0.3) is 0 Å². The average Bonchev–Trinajstić information content (AvgIpc) is 2.47. The van der Waals surface area contributed by atoms with Gasteiger partial charge in [0.05, 0.1) is 11.9 Å². The molecule has 0 aromatic heterocycles.